The van der Waals surface area contributed by atoms with Gasteiger partial charge < -0.3 is 9.90 Å². The van der Waals surface area contributed by atoms with Gasteiger partial charge in [0.05, 0.1) is 0 Å². The molecule has 0 aromatic carbocycles. The first-order valence-corrected chi connectivity index (χ1v) is 17.9. The van der Waals surface area contributed by atoms with Gasteiger partial charge in [-0.25, -0.2) is 0 Å². The summed E-state index contributed by atoms with van der Waals surface area (Å²) in [4.78, 5) is 11.5. The number of carbonyl (C=O) groups excluding carboxylic acids is 1. The molecule has 2 nitrogen and oxygen atoms in total. The minimum atomic E-state index is -0.805. The van der Waals surface area contributed by atoms with Crippen LogP contribution >= 0.6 is 0 Å². The Balaban J connectivity index is 0. The van der Waals surface area contributed by atoms with Crippen molar-refractivity contribution >= 4 is 5.97 Å². The molecule has 0 N–H and O–H groups in total. The van der Waals surface area contributed by atoms with Gasteiger partial charge in [0.25, 0.3) is 0 Å². The van der Waals surface area contributed by atoms with Crippen LogP contribution in [-0.2, 0) is 4.79 Å². The van der Waals surface area contributed by atoms with Crippen LogP contribution in [0.15, 0.2) is 0 Å². The van der Waals surface area contributed by atoms with E-state index < -0.39 is 5.97 Å². The molecule has 228 valence electrons. The number of carbonyl (C=O) groups is 1. The summed E-state index contributed by atoms with van der Waals surface area (Å²) in [7, 11) is 0. The molecule has 0 fully saturated rings. The fraction of sp³-hybridized carbons (Fsp3) is 0.972. The van der Waals surface area contributed by atoms with Crippen LogP contribution in [0.4, 0.5) is 0 Å². The van der Waals surface area contributed by atoms with Gasteiger partial charge in [0.15, 0.2) is 0 Å². The molecule has 0 rings (SSSR count). The third-order valence-electron chi connectivity index (χ3n) is 8.65. The topological polar surface area (TPSA) is 40.1 Å². The smallest absolute Gasteiger partial charge is 0.550 e. The second-order valence-electron chi connectivity index (χ2n) is 12.5. The molecule has 0 radical (unpaired) electrons. The second-order valence-corrected chi connectivity index (χ2v) is 12.5. The molecular formula is C36H71NaO2. The number of carboxylic acids is 1. The molecule has 0 aromatic rings. The number of carboxylic acid groups (broad SMARTS) is 1. The summed E-state index contributed by atoms with van der Waals surface area (Å²) < 4.78 is 0. The SMILES string of the molecule is CCCCCCCCCCCCCCCCCCC(CCCCCCCCCCCCCCCC)C(=O)[O-].[Na+]. The van der Waals surface area contributed by atoms with Crippen molar-refractivity contribution in [1.82, 2.24) is 0 Å². The molecule has 0 bridgehead atoms. The van der Waals surface area contributed by atoms with Gasteiger partial charge in [-0.1, -0.05) is 206 Å². The second kappa shape index (κ2) is 36.5. The van der Waals surface area contributed by atoms with E-state index in [2.05, 4.69) is 13.8 Å². The van der Waals surface area contributed by atoms with Crippen molar-refractivity contribution in [2.24, 2.45) is 5.92 Å². The third-order valence-corrected chi connectivity index (χ3v) is 8.65. The van der Waals surface area contributed by atoms with Crippen LogP contribution < -0.4 is 34.7 Å². The minimum Gasteiger partial charge on any atom is -0.550 e. The fourth-order valence-corrected chi connectivity index (χ4v) is 5.90. The summed E-state index contributed by atoms with van der Waals surface area (Å²) in [6.45, 7) is 4.57. The Labute approximate surface area is 269 Å². The van der Waals surface area contributed by atoms with Crippen LogP contribution in [0.25, 0.3) is 0 Å². The van der Waals surface area contributed by atoms with Crippen molar-refractivity contribution in [2.45, 2.75) is 219 Å². The van der Waals surface area contributed by atoms with Crippen LogP contribution in [0.1, 0.15) is 219 Å². The van der Waals surface area contributed by atoms with Crippen molar-refractivity contribution in [1.29, 1.82) is 0 Å². The maximum absolute atomic E-state index is 11.5. The first kappa shape index (κ1) is 41.6. The molecule has 0 aliphatic rings. The Kier molecular flexibility index (Phi) is 38.9. The molecule has 3 heteroatoms. The average Bonchev–Trinajstić information content (AvgIpc) is 2.91. The van der Waals surface area contributed by atoms with Gasteiger partial charge >= 0.3 is 29.6 Å². The summed E-state index contributed by atoms with van der Waals surface area (Å²) in [6.07, 6.45) is 42.4. The minimum absolute atomic E-state index is 0. The summed E-state index contributed by atoms with van der Waals surface area (Å²) in [6, 6.07) is 0. The quantitative estimate of drug-likeness (QED) is 0.0596. The summed E-state index contributed by atoms with van der Waals surface area (Å²) >= 11 is 0. The van der Waals surface area contributed by atoms with E-state index in [-0.39, 0.29) is 35.5 Å². The molecular weight excluding hydrogens is 487 g/mol. The van der Waals surface area contributed by atoms with Crippen LogP contribution in [0, 0.1) is 5.92 Å². The van der Waals surface area contributed by atoms with Gasteiger partial charge in [-0.05, 0) is 18.8 Å². The third kappa shape index (κ3) is 34.6. The van der Waals surface area contributed by atoms with Gasteiger partial charge in [0.1, 0.15) is 0 Å². The molecule has 39 heavy (non-hydrogen) atoms. The van der Waals surface area contributed by atoms with Gasteiger partial charge in [-0.15, -0.1) is 0 Å². The van der Waals surface area contributed by atoms with Crippen LogP contribution in [-0.4, -0.2) is 5.97 Å². The summed E-state index contributed by atoms with van der Waals surface area (Å²) in [5.41, 5.74) is 0. The Morgan fingerprint density at radius 1 is 0.385 bits per heavy atom. The average molecular weight is 559 g/mol. The molecule has 1 atom stereocenters. The zero-order valence-electron chi connectivity index (χ0n) is 27.5. The van der Waals surface area contributed by atoms with Crippen LogP contribution in [0.5, 0.6) is 0 Å². The molecule has 0 heterocycles. The Morgan fingerprint density at radius 2 is 0.564 bits per heavy atom. The van der Waals surface area contributed by atoms with Crippen molar-refractivity contribution < 1.29 is 39.5 Å². The Bertz CT molecular complexity index is 453. The maximum atomic E-state index is 11.5. The number of unbranched alkanes of at least 4 members (excludes halogenated alkanes) is 28. The van der Waals surface area contributed by atoms with E-state index in [1.165, 1.54) is 180 Å². The van der Waals surface area contributed by atoms with Crippen molar-refractivity contribution in [3.63, 3.8) is 0 Å². The van der Waals surface area contributed by atoms with Crippen LogP contribution in [0.3, 0.4) is 0 Å². The van der Waals surface area contributed by atoms with E-state index in [9.17, 15) is 9.90 Å². The first-order chi connectivity index (χ1) is 18.7. The fourth-order valence-electron chi connectivity index (χ4n) is 5.90. The van der Waals surface area contributed by atoms with Gasteiger partial charge in [0.2, 0.25) is 0 Å². The molecule has 0 saturated carbocycles. The number of aliphatic carboxylic acids is 1. The molecule has 0 spiro atoms. The zero-order valence-corrected chi connectivity index (χ0v) is 29.5. The van der Waals surface area contributed by atoms with Gasteiger partial charge in [-0.3, -0.25) is 0 Å². The van der Waals surface area contributed by atoms with Gasteiger partial charge in [-0.2, -0.15) is 0 Å². The molecule has 0 aliphatic heterocycles. The van der Waals surface area contributed by atoms with E-state index >= 15 is 0 Å². The predicted octanol–water partition coefficient (Wildman–Crippen LogP) is 8.88. The number of hydrogen-bond donors (Lipinski definition) is 0. The Hall–Kier alpha value is 0.470. The summed E-state index contributed by atoms with van der Waals surface area (Å²) in [5.74, 6) is -1.01. The first-order valence-electron chi connectivity index (χ1n) is 17.9. The molecule has 0 aliphatic carbocycles. The van der Waals surface area contributed by atoms with Crippen LogP contribution in [0.2, 0.25) is 0 Å². The Morgan fingerprint density at radius 3 is 0.744 bits per heavy atom. The number of hydrogen-bond acceptors (Lipinski definition) is 2. The van der Waals surface area contributed by atoms with E-state index in [1.807, 2.05) is 0 Å². The molecule has 1 unspecified atom stereocenters. The number of rotatable bonds is 33. The van der Waals surface area contributed by atoms with E-state index in [4.69, 9.17) is 0 Å². The molecule has 0 saturated heterocycles. The van der Waals surface area contributed by atoms with Gasteiger partial charge in [0, 0.05) is 5.97 Å². The van der Waals surface area contributed by atoms with E-state index in [0.717, 1.165) is 25.7 Å². The molecule has 0 aromatic heterocycles. The normalized spacial score (nSPS) is 11.9. The predicted molar refractivity (Wildman–Crippen MR) is 168 cm³/mol. The van der Waals surface area contributed by atoms with E-state index in [0.29, 0.717) is 0 Å². The standard InChI is InChI=1S/C36H72O2.Na/c1-3-5-7-9-11-13-15-17-19-20-22-24-26-28-30-32-34-35(36(37)38)33-31-29-27-25-23-21-18-16-14-12-10-8-6-4-2;/h35H,3-34H2,1-2H3,(H,37,38);/q;+1/p-1. The van der Waals surface area contributed by atoms with Crippen molar-refractivity contribution in [3.8, 4) is 0 Å². The van der Waals surface area contributed by atoms with Crippen molar-refractivity contribution in [3.05, 3.63) is 0 Å². The zero-order chi connectivity index (χ0) is 27.8. The van der Waals surface area contributed by atoms with E-state index in [1.54, 1.807) is 0 Å². The monoisotopic (exact) mass is 559 g/mol. The largest absolute Gasteiger partial charge is 1.00 e. The summed E-state index contributed by atoms with van der Waals surface area (Å²) in [5, 5.41) is 11.5. The van der Waals surface area contributed by atoms with Crippen molar-refractivity contribution in [2.75, 3.05) is 0 Å². The maximum Gasteiger partial charge on any atom is 1.00 e. The molecule has 0 amide bonds.